The molecule has 1 heterocycles. The number of nitrogens with one attached hydrogen (secondary N) is 1. The second-order valence-corrected chi connectivity index (χ2v) is 9.67. The highest BCUT2D eigenvalue weighted by atomic mass is 35.5. The molecule has 3 aromatic carbocycles. The minimum atomic E-state index is -0.590. The number of halogens is 2. The van der Waals surface area contributed by atoms with Gasteiger partial charge in [0.25, 0.3) is 5.91 Å². The molecule has 1 N–H and O–H groups in total. The van der Waals surface area contributed by atoms with Crippen molar-refractivity contribution < 1.29 is 18.7 Å². The van der Waals surface area contributed by atoms with Crippen molar-refractivity contribution in [2.45, 2.75) is 32.2 Å². The van der Waals surface area contributed by atoms with Crippen LogP contribution in [0.25, 0.3) is 22.6 Å². The summed E-state index contributed by atoms with van der Waals surface area (Å²) >= 11 is 6.28. The zero-order valence-corrected chi connectivity index (χ0v) is 21.6. The third-order valence-electron chi connectivity index (χ3n) is 6.70. The summed E-state index contributed by atoms with van der Waals surface area (Å²) in [6.07, 6.45) is 3.74. The Balaban J connectivity index is 1.45. The van der Waals surface area contributed by atoms with Crippen LogP contribution in [0.4, 0.5) is 4.39 Å². The molecule has 0 saturated carbocycles. The number of benzene rings is 3. The highest BCUT2D eigenvalue weighted by Crippen LogP contribution is 2.37. The molecular weight excluding hydrogens is 503 g/mol. The van der Waals surface area contributed by atoms with Crippen molar-refractivity contribution in [1.29, 1.82) is 0 Å². The van der Waals surface area contributed by atoms with E-state index in [9.17, 15) is 14.0 Å². The lowest BCUT2D eigenvalue weighted by Gasteiger charge is -2.22. The minimum absolute atomic E-state index is 0.227. The summed E-state index contributed by atoms with van der Waals surface area (Å²) in [5.74, 6) is -1.41. The van der Waals surface area contributed by atoms with E-state index in [2.05, 4.69) is 5.32 Å². The van der Waals surface area contributed by atoms with Crippen LogP contribution in [-0.2, 0) is 16.0 Å². The molecule has 0 bridgehead atoms. The summed E-state index contributed by atoms with van der Waals surface area (Å²) in [4.78, 5) is 30.9. The average molecular weight is 529 g/mol. The quantitative estimate of drug-likeness (QED) is 0.275. The molecule has 1 amide bonds. The normalized spacial score (nSPS) is 14.7. The van der Waals surface area contributed by atoms with Gasteiger partial charge in [-0.05, 0) is 67.2 Å². The zero-order chi connectivity index (χ0) is 26.6. The van der Waals surface area contributed by atoms with Crippen LogP contribution in [0.2, 0.25) is 5.02 Å². The van der Waals surface area contributed by atoms with Crippen molar-refractivity contribution in [2.24, 2.45) is 0 Å². The maximum absolute atomic E-state index is 14.6. The van der Waals surface area contributed by atoms with Crippen molar-refractivity contribution in [2.75, 3.05) is 6.61 Å². The highest BCUT2D eigenvalue weighted by Gasteiger charge is 2.27. The van der Waals surface area contributed by atoms with Crippen LogP contribution >= 0.6 is 11.6 Å². The van der Waals surface area contributed by atoms with Crippen LogP contribution in [0, 0.1) is 5.82 Å². The first kappa shape index (κ1) is 25.6. The van der Waals surface area contributed by atoms with E-state index in [1.807, 2.05) is 61.5 Å². The van der Waals surface area contributed by atoms with E-state index in [-0.39, 0.29) is 6.04 Å². The predicted molar refractivity (Wildman–Crippen MR) is 147 cm³/mol. The molecule has 4 aromatic rings. The Kier molecular flexibility index (Phi) is 7.52. The fraction of sp³-hybridized carbons (Fsp3) is 0.194. The van der Waals surface area contributed by atoms with Gasteiger partial charge in [-0.1, -0.05) is 66.2 Å². The molecule has 1 aliphatic rings. The first-order valence-electron chi connectivity index (χ1n) is 12.5. The van der Waals surface area contributed by atoms with Crippen LogP contribution in [0.5, 0.6) is 0 Å². The lowest BCUT2D eigenvalue weighted by Crippen LogP contribution is -2.31. The SMILES string of the molecule is CC(NC(=O)COC(=O)c1c2c(nc3ccccc13)C(=Cc1c(F)cccc1Cl)CCC2)c1ccccc1. The van der Waals surface area contributed by atoms with Crippen LogP contribution in [-0.4, -0.2) is 23.5 Å². The molecule has 5 rings (SSSR count). The number of allylic oxidation sites excluding steroid dienone is 1. The molecule has 1 unspecified atom stereocenters. The van der Waals surface area contributed by atoms with E-state index in [1.165, 1.54) is 6.07 Å². The third kappa shape index (κ3) is 5.31. The number of fused-ring (bicyclic) bond motifs is 2. The molecule has 0 aliphatic heterocycles. The minimum Gasteiger partial charge on any atom is -0.452 e. The number of ether oxygens (including phenoxy) is 1. The van der Waals surface area contributed by atoms with Gasteiger partial charge in [0.05, 0.1) is 27.8 Å². The number of nitrogens with zero attached hydrogens (tertiary/aromatic N) is 1. The fourth-order valence-corrected chi connectivity index (χ4v) is 5.06. The summed E-state index contributed by atoms with van der Waals surface area (Å²) in [5.41, 5.74) is 4.41. The molecule has 0 fully saturated rings. The Bertz CT molecular complexity index is 1530. The Morgan fingerprint density at radius 3 is 2.61 bits per heavy atom. The lowest BCUT2D eigenvalue weighted by molar-refractivity contribution is -0.124. The summed E-state index contributed by atoms with van der Waals surface area (Å²) in [6.45, 7) is 1.46. The summed E-state index contributed by atoms with van der Waals surface area (Å²) < 4.78 is 20.1. The first-order valence-corrected chi connectivity index (χ1v) is 12.9. The number of para-hydroxylation sites is 1. The van der Waals surface area contributed by atoms with Crippen molar-refractivity contribution >= 4 is 46.0 Å². The maximum atomic E-state index is 14.6. The number of rotatable bonds is 6. The van der Waals surface area contributed by atoms with E-state index < -0.39 is 24.3 Å². The number of pyridine rings is 1. The van der Waals surface area contributed by atoms with E-state index in [0.717, 1.165) is 23.1 Å². The predicted octanol–water partition coefficient (Wildman–Crippen LogP) is 6.94. The Labute approximate surface area is 225 Å². The zero-order valence-electron chi connectivity index (χ0n) is 20.8. The summed E-state index contributed by atoms with van der Waals surface area (Å²) in [6, 6.07) is 21.2. The molecule has 0 radical (unpaired) electrons. The molecule has 1 atom stereocenters. The summed E-state index contributed by atoms with van der Waals surface area (Å²) in [7, 11) is 0. The van der Waals surface area contributed by atoms with Gasteiger partial charge < -0.3 is 10.1 Å². The largest absolute Gasteiger partial charge is 0.452 e. The number of amides is 1. The van der Waals surface area contributed by atoms with Crippen molar-refractivity contribution in [3.05, 3.63) is 112 Å². The van der Waals surface area contributed by atoms with Gasteiger partial charge in [0.2, 0.25) is 0 Å². The Morgan fingerprint density at radius 1 is 1.05 bits per heavy atom. The van der Waals surface area contributed by atoms with Crippen LogP contribution in [0.15, 0.2) is 72.8 Å². The monoisotopic (exact) mass is 528 g/mol. The molecule has 1 aromatic heterocycles. The second kappa shape index (κ2) is 11.2. The topological polar surface area (TPSA) is 68.3 Å². The molecule has 0 saturated heterocycles. The van der Waals surface area contributed by atoms with Gasteiger partial charge in [-0.15, -0.1) is 0 Å². The average Bonchev–Trinajstić information content (AvgIpc) is 2.93. The van der Waals surface area contributed by atoms with Crippen molar-refractivity contribution in [3.63, 3.8) is 0 Å². The summed E-state index contributed by atoms with van der Waals surface area (Å²) in [5, 5.41) is 3.82. The maximum Gasteiger partial charge on any atom is 0.339 e. The molecule has 0 spiro atoms. The molecule has 38 heavy (non-hydrogen) atoms. The lowest BCUT2D eigenvalue weighted by atomic mass is 9.86. The second-order valence-electron chi connectivity index (χ2n) is 9.27. The van der Waals surface area contributed by atoms with Gasteiger partial charge in [-0.25, -0.2) is 14.2 Å². The van der Waals surface area contributed by atoms with E-state index in [0.29, 0.717) is 45.6 Å². The number of carbonyl (C=O) groups is 2. The van der Waals surface area contributed by atoms with Gasteiger partial charge >= 0.3 is 5.97 Å². The fourth-order valence-electron chi connectivity index (χ4n) is 4.84. The molecule has 192 valence electrons. The number of hydrogen-bond donors (Lipinski definition) is 1. The Hall–Kier alpha value is -4.03. The van der Waals surface area contributed by atoms with Gasteiger partial charge in [-0.3, -0.25) is 4.79 Å². The Morgan fingerprint density at radius 2 is 1.82 bits per heavy atom. The van der Waals surface area contributed by atoms with Crippen molar-refractivity contribution in [1.82, 2.24) is 10.3 Å². The molecule has 5 nitrogen and oxygen atoms in total. The van der Waals surface area contributed by atoms with Crippen LogP contribution in [0.1, 0.15) is 58.5 Å². The van der Waals surface area contributed by atoms with Crippen LogP contribution < -0.4 is 5.32 Å². The van der Waals surface area contributed by atoms with E-state index in [4.69, 9.17) is 21.3 Å². The van der Waals surface area contributed by atoms with E-state index in [1.54, 1.807) is 18.2 Å². The molecule has 7 heteroatoms. The third-order valence-corrected chi connectivity index (χ3v) is 7.03. The smallest absolute Gasteiger partial charge is 0.339 e. The number of aromatic nitrogens is 1. The van der Waals surface area contributed by atoms with Gasteiger partial charge in [0, 0.05) is 10.9 Å². The van der Waals surface area contributed by atoms with Gasteiger partial charge in [0.15, 0.2) is 6.61 Å². The highest BCUT2D eigenvalue weighted by molar-refractivity contribution is 6.32. The van der Waals surface area contributed by atoms with Gasteiger partial charge in [0.1, 0.15) is 5.82 Å². The van der Waals surface area contributed by atoms with Crippen molar-refractivity contribution in [3.8, 4) is 0 Å². The molecule has 1 aliphatic carbocycles. The first-order chi connectivity index (χ1) is 18.4. The van der Waals surface area contributed by atoms with Gasteiger partial charge in [-0.2, -0.15) is 0 Å². The molecular formula is C31H26ClFN2O3. The number of carbonyl (C=O) groups excluding carboxylic acids is 2. The number of hydrogen-bond acceptors (Lipinski definition) is 4. The van der Waals surface area contributed by atoms with E-state index >= 15 is 0 Å². The standard InChI is InChI=1S/C31H26ClFN2O3/c1-19(20-9-3-2-4-10-20)34-28(36)18-38-31(37)29-22-12-5-6-16-27(22)35-30-21(11-7-13-23(29)30)17-24-25(32)14-8-15-26(24)33/h2-6,8-10,12,14-17,19H,7,11,13,18H2,1H3,(H,34,36). The van der Waals surface area contributed by atoms with Crippen LogP contribution in [0.3, 0.4) is 0 Å². The number of esters is 1.